The molecule has 104 valence electrons. The van der Waals surface area contributed by atoms with E-state index in [9.17, 15) is 4.79 Å². The Bertz CT molecular complexity index is 763. The monoisotopic (exact) mass is 297 g/mol. The van der Waals surface area contributed by atoms with Crippen LogP contribution in [-0.4, -0.2) is 11.7 Å². The molecule has 4 nitrogen and oxygen atoms in total. The molecule has 0 radical (unpaired) electrons. The van der Waals surface area contributed by atoms with Crippen LogP contribution in [0.15, 0.2) is 59.1 Å². The van der Waals surface area contributed by atoms with E-state index in [0.717, 1.165) is 5.56 Å². The van der Waals surface area contributed by atoms with E-state index >= 15 is 0 Å². The minimum Gasteiger partial charge on any atom is -0.383 e. The smallest absolute Gasteiger partial charge is 0.259 e. The van der Waals surface area contributed by atoms with E-state index in [1.54, 1.807) is 30.3 Å². The summed E-state index contributed by atoms with van der Waals surface area (Å²) >= 11 is 5.85. The van der Waals surface area contributed by atoms with E-state index in [-0.39, 0.29) is 11.7 Å². The zero-order chi connectivity index (χ0) is 14.8. The number of nitrogens with two attached hydrogens (primary N) is 1. The maximum atomic E-state index is 12.3. The minimum absolute atomic E-state index is 0.187. The van der Waals surface area contributed by atoms with Crippen molar-refractivity contribution in [2.45, 2.75) is 0 Å². The van der Waals surface area contributed by atoms with Crippen LogP contribution in [-0.2, 0) is 4.79 Å². The second-order valence-electron chi connectivity index (χ2n) is 4.58. The average Bonchev–Trinajstić information content (AvgIpc) is 2.59. The van der Waals surface area contributed by atoms with Crippen LogP contribution < -0.4 is 11.1 Å². The number of carbonyl (C=O) groups is 1. The summed E-state index contributed by atoms with van der Waals surface area (Å²) in [6, 6.07) is 14.4. The standard InChI is InChI=1S/C16H12ClN3O/c17-11-7-5-10(6-8-11)9-12-15(18)19-13-3-1-2-4-14(13)20-16(12)21/h1-9H,(H2,18,19)(H,20,21)/b12-9-. The maximum Gasteiger partial charge on any atom is 0.259 e. The van der Waals surface area contributed by atoms with Gasteiger partial charge in [0.1, 0.15) is 5.84 Å². The average molecular weight is 298 g/mol. The Hall–Kier alpha value is -2.59. The number of hydrogen-bond acceptors (Lipinski definition) is 3. The van der Waals surface area contributed by atoms with Crippen molar-refractivity contribution in [3.8, 4) is 0 Å². The van der Waals surface area contributed by atoms with Crippen LogP contribution in [0, 0.1) is 0 Å². The summed E-state index contributed by atoms with van der Waals surface area (Å²) in [5.74, 6) is -0.0939. The van der Waals surface area contributed by atoms with Gasteiger partial charge in [-0.05, 0) is 35.9 Å². The molecule has 3 N–H and O–H groups in total. The second-order valence-corrected chi connectivity index (χ2v) is 5.01. The molecule has 0 atom stereocenters. The molecule has 2 aromatic carbocycles. The van der Waals surface area contributed by atoms with Gasteiger partial charge in [0, 0.05) is 5.02 Å². The largest absolute Gasteiger partial charge is 0.383 e. The Balaban J connectivity index is 2.04. The summed E-state index contributed by atoms with van der Waals surface area (Å²) < 4.78 is 0. The molecule has 2 aromatic rings. The Labute approximate surface area is 127 Å². The molecule has 1 aliphatic heterocycles. The van der Waals surface area contributed by atoms with Crippen LogP contribution in [0.4, 0.5) is 11.4 Å². The van der Waals surface area contributed by atoms with Gasteiger partial charge < -0.3 is 11.1 Å². The summed E-state index contributed by atoms with van der Waals surface area (Å²) in [5.41, 5.74) is 8.40. The van der Waals surface area contributed by atoms with Crippen LogP contribution in [0.5, 0.6) is 0 Å². The second kappa shape index (κ2) is 5.42. The van der Waals surface area contributed by atoms with Crippen LogP contribution in [0.3, 0.4) is 0 Å². The van der Waals surface area contributed by atoms with Crippen molar-refractivity contribution in [1.82, 2.24) is 0 Å². The Morgan fingerprint density at radius 2 is 1.81 bits per heavy atom. The molecule has 0 bridgehead atoms. The molecule has 3 rings (SSSR count). The Morgan fingerprint density at radius 1 is 1.10 bits per heavy atom. The number of anilines is 1. The van der Waals surface area contributed by atoms with Crippen LogP contribution in [0.2, 0.25) is 5.02 Å². The first kappa shape index (κ1) is 13.4. The molecular formula is C16H12ClN3O. The number of nitrogens with one attached hydrogen (secondary N) is 1. The minimum atomic E-state index is -0.281. The first-order chi connectivity index (χ1) is 10.1. The molecule has 21 heavy (non-hydrogen) atoms. The van der Waals surface area contributed by atoms with Gasteiger partial charge in [-0.15, -0.1) is 0 Å². The topological polar surface area (TPSA) is 67.5 Å². The van der Waals surface area contributed by atoms with E-state index < -0.39 is 0 Å². The molecule has 0 fully saturated rings. The van der Waals surface area contributed by atoms with E-state index in [1.165, 1.54) is 0 Å². The van der Waals surface area contributed by atoms with Gasteiger partial charge in [-0.2, -0.15) is 0 Å². The molecule has 1 aliphatic rings. The lowest BCUT2D eigenvalue weighted by atomic mass is 10.1. The number of amidine groups is 1. The SMILES string of the molecule is NC1=Nc2ccccc2NC(=O)/C1=C\c1ccc(Cl)cc1. The van der Waals surface area contributed by atoms with Gasteiger partial charge in [-0.3, -0.25) is 4.79 Å². The highest BCUT2D eigenvalue weighted by atomic mass is 35.5. The number of carbonyl (C=O) groups excluding carboxylic acids is 1. The Kier molecular flexibility index (Phi) is 3.46. The number of fused-ring (bicyclic) bond motifs is 1. The number of halogens is 1. The summed E-state index contributed by atoms with van der Waals surface area (Å²) in [5, 5.41) is 3.44. The summed E-state index contributed by atoms with van der Waals surface area (Å²) in [6.45, 7) is 0. The number of para-hydroxylation sites is 2. The molecule has 0 unspecified atom stereocenters. The first-order valence-electron chi connectivity index (χ1n) is 6.36. The third-order valence-corrected chi connectivity index (χ3v) is 3.35. The van der Waals surface area contributed by atoms with E-state index in [1.807, 2.05) is 24.3 Å². The molecule has 0 aliphatic carbocycles. The number of aliphatic imine (C=N–C) groups is 1. The van der Waals surface area contributed by atoms with E-state index in [0.29, 0.717) is 22.0 Å². The van der Waals surface area contributed by atoms with Crippen molar-refractivity contribution in [3.05, 3.63) is 64.7 Å². The molecule has 1 amide bonds. The third-order valence-electron chi connectivity index (χ3n) is 3.09. The van der Waals surface area contributed by atoms with Gasteiger partial charge >= 0.3 is 0 Å². The maximum absolute atomic E-state index is 12.3. The summed E-state index contributed by atoms with van der Waals surface area (Å²) in [7, 11) is 0. The van der Waals surface area contributed by atoms with Gasteiger partial charge in [0.25, 0.3) is 5.91 Å². The van der Waals surface area contributed by atoms with E-state index in [2.05, 4.69) is 10.3 Å². The fourth-order valence-electron chi connectivity index (χ4n) is 2.04. The highest BCUT2D eigenvalue weighted by Crippen LogP contribution is 2.28. The fourth-order valence-corrected chi connectivity index (χ4v) is 2.16. The van der Waals surface area contributed by atoms with Crippen molar-refractivity contribution in [2.24, 2.45) is 10.7 Å². The first-order valence-corrected chi connectivity index (χ1v) is 6.73. The number of nitrogens with zero attached hydrogens (tertiary/aromatic N) is 1. The van der Waals surface area contributed by atoms with Crippen molar-refractivity contribution in [3.63, 3.8) is 0 Å². The van der Waals surface area contributed by atoms with E-state index in [4.69, 9.17) is 17.3 Å². The van der Waals surface area contributed by atoms with Gasteiger partial charge in [0.2, 0.25) is 0 Å². The molecule has 0 aromatic heterocycles. The van der Waals surface area contributed by atoms with Crippen molar-refractivity contribution in [1.29, 1.82) is 0 Å². The van der Waals surface area contributed by atoms with Crippen LogP contribution in [0.1, 0.15) is 5.56 Å². The zero-order valence-electron chi connectivity index (χ0n) is 11.0. The van der Waals surface area contributed by atoms with Crippen molar-refractivity contribution in [2.75, 3.05) is 5.32 Å². The lowest BCUT2D eigenvalue weighted by molar-refractivity contribution is -0.112. The summed E-state index contributed by atoms with van der Waals surface area (Å²) in [6.07, 6.45) is 1.69. The van der Waals surface area contributed by atoms with Crippen LogP contribution >= 0.6 is 11.6 Å². The van der Waals surface area contributed by atoms with Gasteiger partial charge in [-0.1, -0.05) is 35.9 Å². The fraction of sp³-hybridized carbons (Fsp3) is 0. The molecular weight excluding hydrogens is 286 g/mol. The highest BCUT2D eigenvalue weighted by Gasteiger charge is 2.19. The molecule has 0 saturated carbocycles. The quantitative estimate of drug-likeness (QED) is 0.793. The number of benzene rings is 2. The van der Waals surface area contributed by atoms with Crippen molar-refractivity contribution >= 4 is 40.8 Å². The molecule has 5 heteroatoms. The number of hydrogen-bond donors (Lipinski definition) is 2. The molecule has 1 heterocycles. The zero-order valence-corrected chi connectivity index (χ0v) is 11.8. The van der Waals surface area contributed by atoms with Gasteiger partial charge in [0.15, 0.2) is 0 Å². The predicted octanol–water partition coefficient (Wildman–Crippen LogP) is 3.36. The lowest BCUT2D eigenvalue weighted by Gasteiger charge is -2.05. The summed E-state index contributed by atoms with van der Waals surface area (Å²) in [4.78, 5) is 16.6. The normalized spacial score (nSPS) is 16.0. The van der Waals surface area contributed by atoms with Gasteiger partial charge in [-0.25, -0.2) is 4.99 Å². The van der Waals surface area contributed by atoms with Gasteiger partial charge in [0.05, 0.1) is 16.9 Å². The highest BCUT2D eigenvalue weighted by molar-refractivity contribution is 6.31. The predicted molar refractivity (Wildman–Crippen MR) is 85.8 cm³/mol. The molecule has 0 saturated heterocycles. The number of amides is 1. The molecule has 0 spiro atoms. The van der Waals surface area contributed by atoms with Crippen LogP contribution in [0.25, 0.3) is 6.08 Å². The number of rotatable bonds is 1. The third kappa shape index (κ3) is 2.80. The lowest BCUT2D eigenvalue weighted by Crippen LogP contribution is -2.24. The Morgan fingerprint density at radius 3 is 2.57 bits per heavy atom. The van der Waals surface area contributed by atoms with Crippen molar-refractivity contribution < 1.29 is 4.79 Å².